The van der Waals surface area contributed by atoms with Crippen LogP contribution in [0.3, 0.4) is 0 Å². The quantitative estimate of drug-likeness (QED) is 0.748. The van der Waals surface area contributed by atoms with Crippen molar-refractivity contribution in [3.8, 4) is 12.1 Å². The predicted molar refractivity (Wildman–Crippen MR) is 49.9 cm³/mol. The van der Waals surface area contributed by atoms with Crippen molar-refractivity contribution in [1.29, 1.82) is 10.5 Å². The van der Waals surface area contributed by atoms with Crippen molar-refractivity contribution in [1.82, 2.24) is 0 Å². The maximum absolute atomic E-state index is 12.9. The molecule has 0 aliphatic heterocycles. The molecule has 17 heavy (non-hydrogen) atoms. The zero-order valence-corrected chi connectivity index (χ0v) is 8.37. The third-order valence-electron chi connectivity index (χ3n) is 2.17. The molecule has 1 unspecified atom stereocenters. The summed E-state index contributed by atoms with van der Waals surface area (Å²) in [5, 5.41) is 17.0. The lowest BCUT2D eigenvalue weighted by Crippen LogP contribution is -2.27. The average Bonchev–Trinajstić information content (AvgIpc) is 2.23. The van der Waals surface area contributed by atoms with Crippen LogP contribution < -0.4 is 0 Å². The van der Waals surface area contributed by atoms with Crippen molar-refractivity contribution in [3.63, 3.8) is 0 Å². The molecule has 1 aromatic carbocycles. The lowest BCUT2D eigenvalue weighted by atomic mass is 9.87. The van der Waals surface area contributed by atoms with Gasteiger partial charge in [0.25, 0.3) is 0 Å². The first kappa shape index (κ1) is 13.0. The van der Waals surface area contributed by atoms with Crippen molar-refractivity contribution >= 4 is 0 Å². The average molecular weight is 242 g/mol. The van der Waals surface area contributed by atoms with Gasteiger partial charge in [-0.25, -0.2) is 4.39 Å². The molecule has 0 fully saturated rings. The maximum Gasteiger partial charge on any atom is 0.398 e. The fourth-order valence-electron chi connectivity index (χ4n) is 1.45. The number of hydrogen-bond acceptors (Lipinski definition) is 2. The second kappa shape index (κ2) is 4.84. The Morgan fingerprint density at radius 1 is 1.12 bits per heavy atom. The van der Waals surface area contributed by atoms with Gasteiger partial charge < -0.3 is 0 Å². The van der Waals surface area contributed by atoms with Crippen molar-refractivity contribution in [2.45, 2.75) is 12.1 Å². The third-order valence-corrected chi connectivity index (χ3v) is 2.17. The van der Waals surface area contributed by atoms with E-state index < -0.39 is 29.4 Å². The van der Waals surface area contributed by atoms with Crippen LogP contribution in [0.25, 0.3) is 0 Å². The largest absolute Gasteiger partial charge is 0.398 e. The Hall–Kier alpha value is -2.08. The Kier molecular flexibility index (Phi) is 3.69. The van der Waals surface area contributed by atoms with E-state index in [-0.39, 0.29) is 0 Å². The Balaban J connectivity index is 3.27. The summed E-state index contributed by atoms with van der Waals surface area (Å²) in [6, 6.07) is 6.37. The van der Waals surface area contributed by atoms with Crippen molar-refractivity contribution in [3.05, 3.63) is 35.6 Å². The first-order valence-electron chi connectivity index (χ1n) is 4.51. The lowest BCUT2D eigenvalue weighted by Gasteiger charge is -2.21. The minimum atomic E-state index is -4.77. The smallest absolute Gasteiger partial charge is 0.207 e. The maximum atomic E-state index is 12.9. The van der Waals surface area contributed by atoms with Gasteiger partial charge in [-0.2, -0.15) is 23.7 Å². The van der Waals surface area contributed by atoms with E-state index in [1.807, 2.05) is 0 Å². The van der Waals surface area contributed by atoms with Gasteiger partial charge in [-0.1, -0.05) is 12.1 Å². The fourth-order valence-corrected chi connectivity index (χ4v) is 1.45. The second-order valence-corrected chi connectivity index (χ2v) is 3.31. The van der Waals surface area contributed by atoms with E-state index in [1.165, 1.54) is 12.1 Å². The minimum absolute atomic E-state index is 0.425. The van der Waals surface area contributed by atoms with Crippen LogP contribution >= 0.6 is 0 Å². The molecule has 1 aromatic rings. The van der Waals surface area contributed by atoms with Crippen LogP contribution in [0, 0.1) is 34.4 Å². The van der Waals surface area contributed by atoms with Gasteiger partial charge in [-0.05, 0) is 17.7 Å². The summed E-state index contributed by atoms with van der Waals surface area (Å²) < 4.78 is 51.1. The zero-order valence-electron chi connectivity index (χ0n) is 8.37. The molecule has 0 aromatic heterocycles. The number of halogens is 4. The zero-order chi connectivity index (χ0) is 13.1. The molecule has 0 aliphatic rings. The number of rotatable bonds is 2. The monoisotopic (exact) mass is 242 g/mol. The predicted octanol–water partition coefficient (Wildman–Crippen LogP) is 3.13. The molecule has 0 bridgehead atoms. The molecule has 0 amide bonds. The molecule has 0 heterocycles. The highest BCUT2D eigenvalue weighted by Crippen LogP contribution is 2.40. The van der Waals surface area contributed by atoms with E-state index >= 15 is 0 Å². The summed E-state index contributed by atoms with van der Waals surface area (Å²) in [5.74, 6) is -5.03. The number of alkyl halides is 3. The molecule has 0 saturated carbocycles. The molecule has 2 nitrogen and oxygen atoms in total. The van der Waals surface area contributed by atoms with Crippen LogP contribution in [-0.4, -0.2) is 6.18 Å². The molecular formula is C11H6F4N2. The molecular weight excluding hydrogens is 236 g/mol. The van der Waals surface area contributed by atoms with Crippen molar-refractivity contribution in [2.24, 2.45) is 5.92 Å². The van der Waals surface area contributed by atoms with Crippen molar-refractivity contribution in [2.75, 3.05) is 0 Å². The topological polar surface area (TPSA) is 47.6 Å². The Morgan fingerprint density at radius 3 is 2.12 bits per heavy atom. The van der Waals surface area contributed by atoms with Crippen LogP contribution in [0.2, 0.25) is 0 Å². The molecule has 88 valence electrons. The Morgan fingerprint density at radius 2 is 1.71 bits per heavy atom. The van der Waals surface area contributed by atoms with E-state index in [0.717, 1.165) is 18.2 Å². The highest BCUT2D eigenvalue weighted by Gasteiger charge is 2.46. The third kappa shape index (κ3) is 2.94. The van der Waals surface area contributed by atoms with Gasteiger partial charge in [-0.15, -0.1) is 0 Å². The van der Waals surface area contributed by atoms with Gasteiger partial charge in [0.15, 0.2) is 0 Å². The van der Waals surface area contributed by atoms with Crippen LogP contribution in [0.1, 0.15) is 11.5 Å². The van der Waals surface area contributed by atoms with Crippen LogP contribution in [0.5, 0.6) is 0 Å². The van der Waals surface area contributed by atoms with Crippen LogP contribution in [0.15, 0.2) is 24.3 Å². The van der Waals surface area contributed by atoms with E-state index in [4.69, 9.17) is 10.5 Å². The van der Waals surface area contributed by atoms with E-state index in [9.17, 15) is 17.6 Å². The first-order valence-corrected chi connectivity index (χ1v) is 4.51. The highest BCUT2D eigenvalue weighted by molar-refractivity contribution is 5.27. The lowest BCUT2D eigenvalue weighted by molar-refractivity contribution is -0.154. The second-order valence-electron chi connectivity index (χ2n) is 3.31. The minimum Gasteiger partial charge on any atom is -0.207 e. The Labute approximate surface area is 94.7 Å². The van der Waals surface area contributed by atoms with Crippen LogP contribution in [0.4, 0.5) is 17.6 Å². The van der Waals surface area contributed by atoms with Gasteiger partial charge in [0.05, 0.1) is 12.1 Å². The molecule has 0 aliphatic carbocycles. The molecule has 0 saturated heterocycles. The number of nitriles is 2. The molecule has 0 N–H and O–H groups in total. The van der Waals surface area contributed by atoms with Gasteiger partial charge in [0.2, 0.25) is 0 Å². The van der Waals surface area contributed by atoms with E-state index in [0.29, 0.717) is 6.07 Å². The summed E-state index contributed by atoms with van der Waals surface area (Å²) in [6.07, 6.45) is -4.77. The molecule has 1 atom stereocenters. The molecule has 6 heteroatoms. The first-order chi connectivity index (χ1) is 7.90. The summed E-state index contributed by atoms with van der Waals surface area (Å²) >= 11 is 0. The highest BCUT2D eigenvalue weighted by atomic mass is 19.4. The van der Waals surface area contributed by atoms with Crippen molar-refractivity contribution < 1.29 is 17.6 Å². The summed E-state index contributed by atoms with van der Waals surface area (Å²) in [6.45, 7) is 0. The molecule has 1 rings (SSSR count). The summed E-state index contributed by atoms with van der Waals surface area (Å²) in [7, 11) is 0. The SMILES string of the molecule is N#CC(C#N)C(c1cccc(F)c1)C(F)(F)F. The van der Waals surface area contributed by atoms with Gasteiger partial charge in [-0.3, -0.25) is 0 Å². The number of benzene rings is 1. The van der Waals surface area contributed by atoms with Gasteiger partial charge in [0.1, 0.15) is 17.7 Å². The number of hydrogen-bond donors (Lipinski definition) is 0. The molecule has 0 spiro atoms. The van der Waals surface area contributed by atoms with Gasteiger partial charge >= 0.3 is 6.18 Å². The Bertz CT molecular complexity index is 467. The van der Waals surface area contributed by atoms with Gasteiger partial charge in [0, 0.05) is 0 Å². The summed E-state index contributed by atoms with van der Waals surface area (Å²) in [5.41, 5.74) is -0.425. The molecule has 0 radical (unpaired) electrons. The normalized spacial score (nSPS) is 12.9. The van der Waals surface area contributed by atoms with E-state index in [1.54, 1.807) is 0 Å². The van der Waals surface area contributed by atoms with E-state index in [2.05, 4.69) is 0 Å². The van der Waals surface area contributed by atoms with Crippen LogP contribution in [-0.2, 0) is 0 Å². The summed E-state index contributed by atoms with van der Waals surface area (Å²) in [4.78, 5) is 0. The number of nitrogens with zero attached hydrogens (tertiary/aromatic N) is 2. The standard InChI is InChI=1S/C11H6F4N2/c12-9-3-1-2-7(4-9)10(11(13,14)15)8(5-16)6-17/h1-4,8,10H. The fraction of sp³-hybridized carbons (Fsp3) is 0.273.